The molecule has 0 saturated heterocycles. The van der Waals surface area contributed by atoms with Gasteiger partial charge in [-0.05, 0) is 19.1 Å². The Balaban J connectivity index is 1.53. The van der Waals surface area contributed by atoms with Crippen LogP contribution in [0.15, 0.2) is 36.8 Å². The number of amides is 2. The quantitative estimate of drug-likeness (QED) is 0.670. The number of carbonyl (C=O) groups is 1. The summed E-state index contributed by atoms with van der Waals surface area (Å²) in [6, 6.07) is 5.11. The third-order valence-corrected chi connectivity index (χ3v) is 3.74. The first-order valence-corrected chi connectivity index (χ1v) is 8.01. The van der Waals surface area contributed by atoms with Gasteiger partial charge in [-0.25, -0.2) is 4.79 Å². The number of nitrogens with zero attached hydrogens (tertiary/aromatic N) is 5. The lowest BCUT2D eigenvalue weighted by molar-refractivity contribution is 0.183. The van der Waals surface area contributed by atoms with Gasteiger partial charge in [-0.1, -0.05) is 6.07 Å². The van der Waals surface area contributed by atoms with Gasteiger partial charge in [-0.3, -0.25) is 9.08 Å². The van der Waals surface area contributed by atoms with Crippen molar-refractivity contribution in [3.8, 4) is 0 Å². The molecule has 0 saturated carbocycles. The first-order chi connectivity index (χ1) is 12.2. The van der Waals surface area contributed by atoms with E-state index in [0.717, 1.165) is 11.2 Å². The van der Waals surface area contributed by atoms with Gasteiger partial charge in [0.25, 0.3) is 0 Å². The van der Waals surface area contributed by atoms with E-state index >= 15 is 0 Å². The highest BCUT2D eigenvalue weighted by Gasteiger charge is 2.15. The molecule has 0 bridgehead atoms. The average molecular weight is 343 g/mol. The number of ether oxygens (including phenoxy) is 1. The Morgan fingerprint density at radius 2 is 2.24 bits per heavy atom. The van der Waals surface area contributed by atoms with Gasteiger partial charge in [-0.15, -0.1) is 10.2 Å². The fourth-order valence-corrected chi connectivity index (χ4v) is 2.45. The van der Waals surface area contributed by atoms with Gasteiger partial charge < -0.3 is 15.4 Å². The Morgan fingerprint density at radius 1 is 1.36 bits per heavy atom. The predicted molar refractivity (Wildman–Crippen MR) is 90.9 cm³/mol. The predicted octanol–water partition coefficient (Wildman–Crippen LogP) is 1.13. The lowest BCUT2D eigenvalue weighted by atomic mass is 10.3. The van der Waals surface area contributed by atoms with Crippen molar-refractivity contribution in [3.63, 3.8) is 0 Å². The molecule has 3 heterocycles. The number of rotatable bonds is 7. The second-order valence-electron chi connectivity index (χ2n) is 5.64. The van der Waals surface area contributed by atoms with E-state index in [2.05, 4.69) is 25.9 Å². The van der Waals surface area contributed by atoms with E-state index in [1.54, 1.807) is 18.0 Å². The number of hydrogen-bond donors (Lipinski definition) is 2. The van der Waals surface area contributed by atoms with Gasteiger partial charge in [0, 0.05) is 31.6 Å². The molecule has 9 nitrogen and oxygen atoms in total. The Bertz CT molecular complexity index is 842. The number of carbonyl (C=O) groups excluding carboxylic acids is 1. The maximum atomic E-state index is 12.1. The molecule has 2 amide bonds. The standard InChI is InChI=1S/C16H21N7O2/c1-12(15-21-20-14-5-3-4-6-23(14)15)19-16(24)17-9-13-10-18-22(11-13)7-8-25-2/h3-6,10-12H,7-9H2,1-2H3,(H2,17,19,24). The molecule has 1 atom stereocenters. The lowest BCUT2D eigenvalue weighted by Crippen LogP contribution is -2.37. The van der Waals surface area contributed by atoms with Crippen molar-refractivity contribution < 1.29 is 9.53 Å². The zero-order chi connectivity index (χ0) is 17.6. The highest BCUT2D eigenvalue weighted by Crippen LogP contribution is 2.11. The number of hydrogen-bond acceptors (Lipinski definition) is 5. The van der Waals surface area contributed by atoms with E-state index in [1.807, 2.05) is 41.9 Å². The summed E-state index contributed by atoms with van der Waals surface area (Å²) in [7, 11) is 1.65. The molecule has 0 spiro atoms. The summed E-state index contributed by atoms with van der Waals surface area (Å²) in [6.45, 7) is 3.54. The summed E-state index contributed by atoms with van der Waals surface area (Å²) in [6.07, 6.45) is 5.48. The summed E-state index contributed by atoms with van der Waals surface area (Å²) in [5.41, 5.74) is 1.67. The van der Waals surface area contributed by atoms with Crippen molar-refractivity contribution in [2.24, 2.45) is 0 Å². The van der Waals surface area contributed by atoms with Crippen molar-refractivity contribution in [3.05, 3.63) is 48.2 Å². The fraction of sp³-hybridized carbons (Fsp3) is 0.375. The molecule has 0 aliphatic heterocycles. The maximum absolute atomic E-state index is 12.1. The third kappa shape index (κ3) is 4.13. The van der Waals surface area contributed by atoms with Crippen molar-refractivity contribution in [1.29, 1.82) is 0 Å². The highest BCUT2D eigenvalue weighted by molar-refractivity contribution is 5.74. The lowest BCUT2D eigenvalue weighted by Gasteiger charge is -2.13. The smallest absolute Gasteiger partial charge is 0.315 e. The summed E-state index contributed by atoms with van der Waals surface area (Å²) < 4.78 is 8.64. The van der Waals surface area contributed by atoms with E-state index < -0.39 is 0 Å². The molecular formula is C16H21N7O2. The Labute approximate surface area is 145 Å². The van der Waals surface area contributed by atoms with Crippen LogP contribution in [0.25, 0.3) is 5.65 Å². The molecule has 0 aromatic carbocycles. The van der Waals surface area contributed by atoms with Gasteiger partial charge >= 0.3 is 6.03 Å². The fourth-order valence-electron chi connectivity index (χ4n) is 2.45. The number of nitrogens with one attached hydrogen (secondary N) is 2. The maximum Gasteiger partial charge on any atom is 0.315 e. The molecule has 0 fully saturated rings. The van der Waals surface area contributed by atoms with E-state index in [9.17, 15) is 4.79 Å². The van der Waals surface area contributed by atoms with Crippen molar-refractivity contribution >= 4 is 11.7 Å². The number of aromatic nitrogens is 5. The molecule has 132 valence electrons. The van der Waals surface area contributed by atoms with Crippen LogP contribution in [0, 0.1) is 0 Å². The Kier molecular flexibility index (Phi) is 5.24. The zero-order valence-electron chi connectivity index (χ0n) is 14.2. The van der Waals surface area contributed by atoms with Crippen LogP contribution < -0.4 is 10.6 Å². The second kappa shape index (κ2) is 7.75. The minimum atomic E-state index is -0.276. The molecule has 0 radical (unpaired) electrons. The van der Waals surface area contributed by atoms with Crippen LogP contribution in [-0.2, 0) is 17.8 Å². The zero-order valence-corrected chi connectivity index (χ0v) is 14.2. The average Bonchev–Trinajstić information content (AvgIpc) is 3.25. The van der Waals surface area contributed by atoms with Crippen molar-refractivity contribution in [2.75, 3.05) is 13.7 Å². The normalized spacial score (nSPS) is 12.2. The third-order valence-electron chi connectivity index (χ3n) is 3.74. The number of urea groups is 1. The molecule has 1 unspecified atom stereocenters. The van der Waals surface area contributed by atoms with Gasteiger partial charge in [0.1, 0.15) is 0 Å². The molecule has 9 heteroatoms. The van der Waals surface area contributed by atoms with Crippen molar-refractivity contribution in [2.45, 2.75) is 26.1 Å². The van der Waals surface area contributed by atoms with Gasteiger partial charge in [-0.2, -0.15) is 5.10 Å². The van der Waals surface area contributed by atoms with Crippen molar-refractivity contribution in [1.82, 2.24) is 35.0 Å². The summed E-state index contributed by atoms with van der Waals surface area (Å²) in [5, 5.41) is 18.1. The van der Waals surface area contributed by atoms with Crippen LogP contribution in [0.3, 0.4) is 0 Å². The van der Waals surface area contributed by atoms with Crippen LogP contribution in [-0.4, -0.2) is 44.1 Å². The molecule has 3 aromatic rings. The summed E-state index contributed by atoms with van der Waals surface area (Å²) in [5.74, 6) is 0.679. The van der Waals surface area contributed by atoms with Crippen LogP contribution in [0.4, 0.5) is 4.79 Å². The largest absolute Gasteiger partial charge is 0.383 e. The molecule has 3 aromatic heterocycles. The van der Waals surface area contributed by atoms with Crippen LogP contribution in [0.5, 0.6) is 0 Å². The molecule has 0 aliphatic carbocycles. The SMILES string of the molecule is COCCn1cc(CNC(=O)NC(C)c2nnc3ccccn23)cn1. The summed E-state index contributed by atoms with van der Waals surface area (Å²) >= 11 is 0. The minimum Gasteiger partial charge on any atom is -0.383 e. The molecule has 3 rings (SSSR count). The Hall–Kier alpha value is -2.94. The van der Waals surface area contributed by atoms with Crippen LogP contribution in [0.2, 0.25) is 0 Å². The monoisotopic (exact) mass is 343 g/mol. The van der Waals surface area contributed by atoms with Gasteiger partial charge in [0.2, 0.25) is 0 Å². The van der Waals surface area contributed by atoms with E-state index in [0.29, 0.717) is 25.5 Å². The van der Waals surface area contributed by atoms with Crippen LogP contribution in [0.1, 0.15) is 24.4 Å². The van der Waals surface area contributed by atoms with Gasteiger partial charge in [0.15, 0.2) is 11.5 Å². The molecule has 25 heavy (non-hydrogen) atoms. The van der Waals surface area contributed by atoms with E-state index in [1.165, 1.54) is 0 Å². The molecular weight excluding hydrogens is 322 g/mol. The van der Waals surface area contributed by atoms with Crippen LogP contribution >= 0.6 is 0 Å². The highest BCUT2D eigenvalue weighted by atomic mass is 16.5. The minimum absolute atomic E-state index is 0.273. The number of pyridine rings is 1. The van der Waals surface area contributed by atoms with E-state index in [-0.39, 0.29) is 12.1 Å². The van der Waals surface area contributed by atoms with Gasteiger partial charge in [0.05, 0.1) is 25.4 Å². The second-order valence-corrected chi connectivity index (χ2v) is 5.64. The molecule has 2 N–H and O–H groups in total. The molecule has 0 aliphatic rings. The number of fused-ring (bicyclic) bond motifs is 1. The first-order valence-electron chi connectivity index (χ1n) is 8.01. The summed E-state index contributed by atoms with van der Waals surface area (Å²) in [4.78, 5) is 12.1. The first kappa shape index (κ1) is 16.9. The Morgan fingerprint density at radius 3 is 3.08 bits per heavy atom. The topological polar surface area (TPSA) is 98.4 Å². The number of methoxy groups -OCH3 is 1. The van der Waals surface area contributed by atoms with E-state index in [4.69, 9.17) is 4.74 Å².